The summed E-state index contributed by atoms with van der Waals surface area (Å²) < 4.78 is 29.6. The minimum Gasteiger partial charge on any atom is -0.435 e. The highest BCUT2D eigenvalue weighted by atomic mass is 35.5. The molecule has 3 aromatic rings. The van der Waals surface area contributed by atoms with Gasteiger partial charge in [0.1, 0.15) is 5.75 Å². The topological polar surface area (TPSA) is 86.2 Å². The number of anilines is 3. The minimum atomic E-state index is -2.92. The van der Waals surface area contributed by atoms with Crippen molar-refractivity contribution in [1.29, 1.82) is 5.41 Å². The van der Waals surface area contributed by atoms with E-state index >= 15 is 0 Å². The van der Waals surface area contributed by atoms with E-state index in [1.807, 2.05) is 52.0 Å². The smallest absolute Gasteiger partial charge is 0.387 e. The molecule has 0 aliphatic carbocycles. The first-order valence-electron chi connectivity index (χ1n) is 11.8. The number of alkyl halides is 2. The van der Waals surface area contributed by atoms with Gasteiger partial charge in [0, 0.05) is 51.9 Å². The Balaban J connectivity index is 1.79. The highest BCUT2D eigenvalue weighted by Crippen LogP contribution is 2.32. The van der Waals surface area contributed by atoms with E-state index in [4.69, 9.17) is 17.0 Å². The fraction of sp³-hybridized carbons (Fsp3) is 0.286. The number of benzene rings is 3. The molecule has 1 atom stereocenters. The maximum Gasteiger partial charge on any atom is 0.387 e. The largest absolute Gasteiger partial charge is 0.435 e. The maximum absolute atomic E-state index is 12.6. The van der Waals surface area contributed by atoms with Crippen LogP contribution >= 0.6 is 11.6 Å². The van der Waals surface area contributed by atoms with E-state index in [-0.39, 0.29) is 17.7 Å². The monoisotopic (exact) mass is 528 g/mol. The molecule has 0 radical (unpaired) electrons. The van der Waals surface area contributed by atoms with Gasteiger partial charge < -0.3 is 26.1 Å². The van der Waals surface area contributed by atoms with Crippen LogP contribution in [-0.2, 0) is 11.3 Å². The molecule has 0 heterocycles. The van der Waals surface area contributed by atoms with Gasteiger partial charge in [0.05, 0.1) is 6.04 Å². The van der Waals surface area contributed by atoms with Crippen molar-refractivity contribution in [2.45, 2.75) is 46.9 Å². The number of rotatable bonds is 10. The van der Waals surface area contributed by atoms with Crippen LogP contribution in [-0.4, -0.2) is 18.7 Å². The Morgan fingerprint density at radius 2 is 1.78 bits per heavy atom. The summed E-state index contributed by atoms with van der Waals surface area (Å²) in [6.45, 7) is 5.00. The maximum atomic E-state index is 12.6. The molecule has 0 aliphatic rings. The molecule has 6 nitrogen and oxygen atoms in total. The van der Waals surface area contributed by atoms with Crippen molar-refractivity contribution >= 4 is 40.8 Å². The first-order valence-corrected chi connectivity index (χ1v) is 12.1. The fourth-order valence-corrected chi connectivity index (χ4v) is 3.94. The Bertz CT molecular complexity index is 1260. The van der Waals surface area contributed by atoms with Gasteiger partial charge in [0.15, 0.2) is 0 Å². The van der Waals surface area contributed by atoms with Crippen LogP contribution in [0.25, 0.3) is 0 Å². The van der Waals surface area contributed by atoms with E-state index in [1.54, 1.807) is 24.3 Å². The average molecular weight is 529 g/mol. The van der Waals surface area contributed by atoms with Gasteiger partial charge in [-0.3, -0.25) is 4.79 Å². The molecule has 0 aromatic heterocycles. The van der Waals surface area contributed by atoms with E-state index in [9.17, 15) is 13.6 Å². The number of amides is 1. The zero-order chi connectivity index (χ0) is 27.2. The van der Waals surface area contributed by atoms with E-state index in [0.717, 1.165) is 11.1 Å². The third kappa shape index (κ3) is 7.67. The predicted octanol–water partition coefficient (Wildman–Crippen LogP) is 7.52. The van der Waals surface area contributed by atoms with Crippen LogP contribution in [0, 0.1) is 10.8 Å². The summed E-state index contributed by atoms with van der Waals surface area (Å²) in [7, 11) is 0. The molecule has 4 N–H and O–H groups in total. The molecule has 196 valence electrons. The Morgan fingerprint density at radius 1 is 1.08 bits per heavy atom. The van der Waals surface area contributed by atoms with Crippen molar-refractivity contribution in [1.82, 2.24) is 5.32 Å². The third-order valence-corrected chi connectivity index (χ3v) is 5.97. The van der Waals surface area contributed by atoms with Gasteiger partial charge in [-0.1, -0.05) is 56.6 Å². The summed E-state index contributed by atoms with van der Waals surface area (Å²) in [6, 6.07) is 17.1. The molecule has 0 saturated heterocycles. The lowest BCUT2D eigenvalue weighted by atomic mass is 9.95. The first-order chi connectivity index (χ1) is 17.5. The molecule has 0 fully saturated rings. The summed E-state index contributed by atoms with van der Waals surface area (Å²) in [5, 5.41) is 18.1. The van der Waals surface area contributed by atoms with Crippen molar-refractivity contribution in [2.24, 2.45) is 5.41 Å². The van der Waals surface area contributed by atoms with Gasteiger partial charge in [-0.15, -0.1) is 0 Å². The minimum absolute atomic E-state index is 0.0347. The zero-order valence-electron chi connectivity index (χ0n) is 21.2. The second-order valence-corrected chi connectivity index (χ2v) is 10.0. The van der Waals surface area contributed by atoms with Crippen LogP contribution in [0.4, 0.5) is 25.8 Å². The molecule has 9 heteroatoms. The summed E-state index contributed by atoms with van der Waals surface area (Å²) in [6.07, 6.45) is 1.22. The Hall–Kier alpha value is -3.65. The van der Waals surface area contributed by atoms with Crippen molar-refractivity contribution < 1.29 is 18.3 Å². The van der Waals surface area contributed by atoms with Crippen LogP contribution in [0.3, 0.4) is 0 Å². The molecular formula is C28H31ClF2N4O2. The lowest BCUT2D eigenvalue weighted by Gasteiger charge is -2.22. The van der Waals surface area contributed by atoms with E-state index in [2.05, 4.69) is 20.7 Å². The molecule has 0 bridgehead atoms. The number of carbonyl (C=O) groups excluding carboxylic acids is 1. The number of carbonyl (C=O) groups is 1. The summed E-state index contributed by atoms with van der Waals surface area (Å²) in [5.41, 5.74) is 3.71. The quantitative estimate of drug-likeness (QED) is 0.205. The van der Waals surface area contributed by atoms with Crippen LogP contribution in [0.5, 0.6) is 5.75 Å². The average Bonchev–Trinajstić information content (AvgIpc) is 2.82. The van der Waals surface area contributed by atoms with E-state index in [0.29, 0.717) is 34.2 Å². The molecule has 3 aromatic carbocycles. The van der Waals surface area contributed by atoms with Crippen molar-refractivity contribution in [3.63, 3.8) is 0 Å². The molecule has 0 spiro atoms. The lowest BCUT2D eigenvalue weighted by molar-refractivity contribution is -0.128. The Kier molecular flexibility index (Phi) is 9.10. The third-order valence-electron chi connectivity index (χ3n) is 5.62. The van der Waals surface area contributed by atoms with Gasteiger partial charge in [0.2, 0.25) is 5.91 Å². The molecular weight excluding hydrogens is 498 g/mol. The van der Waals surface area contributed by atoms with Crippen molar-refractivity contribution in [3.8, 4) is 5.75 Å². The number of hydrogen-bond donors (Lipinski definition) is 4. The van der Waals surface area contributed by atoms with E-state index in [1.165, 1.54) is 18.3 Å². The Labute approximate surface area is 220 Å². The summed E-state index contributed by atoms with van der Waals surface area (Å²) in [5.74, 6) is -0.00561. The van der Waals surface area contributed by atoms with Crippen LogP contribution in [0.1, 0.15) is 50.4 Å². The van der Waals surface area contributed by atoms with Gasteiger partial charge in [-0.25, -0.2) is 0 Å². The second kappa shape index (κ2) is 12.1. The van der Waals surface area contributed by atoms with Crippen molar-refractivity contribution in [2.75, 3.05) is 10.6 Å². The van der Waals surface area contributed by atoms with Crippen LogP contribution < -0.4 is 20.7 Å². The second-order valence-electron chi connectivity index (χ2n) is 9.60. The molecule has 1 amide bonds. The van der Waals surface area contributed by atoms with Crippen molar-refractivity contribution in [3.05, 3.63) is 82.4 Å². The fourth-order valence-electron chi connectivity index (χ4n) is 3.65. The standard InChI is InChI=1S/C28H31ClF2N4O2/c1-17(21-13-18(11-12-23(21)29)16-33-26(36)28(2,3)4)34-24-9-6-10-25(22(24)15-32)35-19-7-5-8-20(14-19)37-27(30)31/h5-15,17,27,32,34-35H,16H2,1-4H3,(H,33,36). The van der Waals surface area contributed by atoms with E-state index < -0.39 is 12.0 Å². The highest BCUT2D eigenvalue weighted by molar-refractivity contribution is 6.31. The number of halogens is 3. The van der Waals surface area contributed by atoms with Gasteiger partial charge >= 0.3 is 6.61 Å². The Morgan fingerprint density at radius 3 is 2.46 bits per heavy atom. The van der Waals surface area contributed by atoms with Gasteiger partial charge in [-0.2, -0.15) is 8.78 Å². The number of hydrogen-bond acceptors (Lipinski definition) is 5. The number of nitrogens with one attached hydrogen (secondary N) is 4. The molecule has 0 saturated carbocycles. The first kappa shape index (κ1) is 27.9. The molecule has 37 heavy (non-hydrogen) atoms. The molecule has 1 unspecified atom stereocenters. The normalized spacial score (nSPS) is 12.1. The van der Waals surface area contributed by atoms with Gasteiger partial charge in [0.25, 0.3) is 0 Å². The predicted molar refractivity (Wildman–Crippen MR) is 145 cm³/mol. The zero-order valence-corrected chi connectivity index (χ0v) is 21.9. The number of ether oxygens (including phenoxy) is 1. The van der Waals surface area contributed by atoms with Crippen LogP contribution in [0.2, 0.25) is 5.02 Å². The molecule has 0 aliphatic heterocycles. The van der Waals surface area contributed by atoms with Crippen LogP contribution in [0.15, 0.2) is 60.7 Å². The SMILES string of the molecule is CC(Nc1cccc(Nc2cccc(OC(F)F)c2)c1C=N)c1cc(CNC(=O)C(C)(C)C)ccc1Cl. The highest BCUT2D eigenvalue weighted by Gasteiger charge is 2.21. The summed E-state index contributed by atoms with van der Waals surface area (Å²) >= 11 is 6.51. The van der Waals surface area contributed by atoms with Gasteiger partial charge in [-0.05, 0) is 48.4 Å². The molecule has 3 rings (SSSR count). The summed E-state index contributed by atoms with van der Waals surface area (Å²) in [4.78, 5) is 12.2. The lowest BCUT2D eigenvalue weighted by Crippen LogP contribution is -2.34.